The summed E-state index contributed by atoms with van der Waals surface area (Å²) in [7, 11) is 1.57. The summed E-state index contributed by atoms with van der Waals surface area (Å²) in [4.78, 5) is 30.1. The second-order valence-corrected chi connectivity index (χ2v) is 8.48. The van der Waals surface area contributed by atoms with Crippen molar-refractivity contribution in [3.8, 4) is 0 Å². The van der Waals surface area contributed by atoms with Gasteiger partial charge in [0.15, 0.2) is 5.16 Å². The van der Waals surface area contributed by atoms with Crippen LogP contribution in [0.2, 0.25) is 5.02 Å². The molecule has 1 heterocycles. The number of rotatable bonds is 8. The summed E-state index contributed by atoms with van der Waals surface area (Å²) in [5, 5.41) is 2.89. The van der Waals surface area contributed by atoms with E-state index in [2.05, 4.69) is 10.3 Å². The standard InChI is InChI=1S/C21H20ClF2N3O3S/c1-12(19(28)25-17-7-5-14(23)11-16(17)24)31-21-26-18-10-13(22)4-6-15(18)20(29)27(21)8-3-9-30-2/h4-7,10-12H,3,8-9H2,1-2H3,(H,25,28). The third-order valence-corrected chi connectivity index (χ3v) is 5.78. The number of methoxy groups -OCH3 is 1. The maximum absolute atomic E-state index is 13.9. The second-order valence-electron chi connectivity index (χ2n) is 6.73. The molecule has 0 fully saturated rings. The Labute approximate surface area is 186 Å². The van der Waals surface area contributed by atoms with Crippen LogP contribution in [0.25, 0.3) is 10.9 Å². The molecule has 1 aromatic heterocycles. The highest BCUT2D eigenvalue weighted by Gasteiger charge is 2.21. The van der Waals surface area contributed by atoms with Crippen LogP contribution in [0.3, 0.4) is 0 Å². The van der Waals surface area contributed by atoms with Gasteiger partial charge in [0.25, 0.3) is 5.56 Å². The van der Waals surface area contributed by atoms with Gasteiger partial charge in [0.1, 0.15) is 11.6 Å². The van der Waals surface area contributed by atoms with Gasteiger partial charge in [-0.05, 0) is 43.7 Å². The Morgan fingerprint density at radius 1 is 1.29 bits per heavy atom. The van der Waals surface area contributed by atoms with E-state index in [1.807, 2.05) is 0 Å². The lowest BCUT2D eigenvalue weighted by Gasteiger charge is -2.16. The minimum atomic E-state index is -0.875. The molecule has 0 aliphatic carbocycles. The highest BCUT2D eigenvalue weighted by molar-refractivity contribution is 8.00. The van der Waals surface area contributed by atoms with E-state index in [0.29, 0.717) is 46.7 Å². The Kier molecular flexibility index (Phi) is 7.64. The fraction of sp³-hybridized carbons (Fsp3) is 0.286. The topological polar surface area (TPSA) is 73.2 Å². The number of anilines is 1. The molecule has 0 saturated carbocycles. The van der Waals surface area contributed by atoms with Gasteiger partial charge >= 0.3 is 0 Å². The van der Waals surface area contributed by atoms with Crippen molar-refractivity contribution in [3.05, 3.63) is 63.4 Å². The van der Waals surface area contributed by atoms with Crippen LogP contribution in [0.1, 0.15) is 13.3 Å². The molecule has 0 aliphatic rings. The van der Waals surface area contributed by atoms with Crippen LogP contribution in [0.5, 0.6) is 0 Å². The number of nitrogens with zero attached hydrogens (tertiary/aromatic N) is 2. The van der Waals surface area contributed by atoms with Crippen LogP contribution >= 0.6 is 23.4 Å². The molecular weight excluding hydrogens is 448 g/mol. The highest BCUT2D eigenvalue weighted by atomic mass is 35.5. The van der Waals surface area contributed by atoms with Crippen LogP contribution < -0.4 is 10.9 Å². The third-order valence-electron chi connectivity index (χ3n) is 4.45. The largest absolute Gasteiger partial charge is 0.385 e. The normalized spacial score (nSPS) is 12.2. The van der Waals surface area contributed by atoms with Gasteiger partial charge in [0, 0.05) is 31.4 Å². The van der Waals surface area contributed by atoms with E-state index in [9.17, 15) is 18.4 Å². The fourth-order valence-electron chi connectivity index (χ4n) is 2.86. The molecule has 0 aliphatic heterocycles. The number of thioether (sulfide) groups is 1. The van der Waals surface area contributed by atoms with Gasteiger partial charge in [-0.1, -0.05) is 23.4 Å². The third kappa shape index (κ3) is 5.61. The Hall–Kier alpha value is -2.49. The second kappa shape index (κ2) is 10.2. The van der Waals surface area contributed by atoms with Gasteiger partial charge in [-0.2, -0.15) is 0 Å². The quantitative estimate of drug-likeness (QED) is 0.300. The molecule has 10 heteroatoms. The van der Waals surface area contributed by atoms with Crippen LogP contribution in [-0.2, 0) is 16.1 Å². The molecule has 1 N–H and O–H groups in total. The Bertz CT molecular complexity index is 1170. The molecule has 3 aromatic rings. The Morgan fingerprint density at radius 3 is 2.77 bits per heavy atom. The average Bonchev–Trinajstić information content (AvgIpc) is 2.72. The van der Waals surface area contributed by atoms with Crippen molar-refractivity contribution in [2.75, 3.05) is 19.0 Å². The summed E-state index contributed by atoms with van der Waals surface area (Å²) in [5.41, 5.74) is 0.0345. The van der Waals surface area contributed by atoms with Gasteiger partial charge in [-0.25, -0.2) is 13.8 Å². The number of hydrogen-bond donors (Lipinski definition) is 1. The van der Waals surface area contributed by atoms with Crippen molar-refractivity contribution in [1.82, 2.24) is 9.55 Å². The van der Waals surface area contributed by atoms with Crippen molar-refractivity contribution in [2.24, 2.45) is 0 Å². The predicted molar refractivity (Wildman–Crippen MR) is 118 cm³/mol. The SMILES string of the molecule is COCCCn1c(SC(C)C(=O)Nc2ccc(F)cc2F)nc2cc(Cl)ccc2c1=O. The van der Waals surface area contributed by atoms with Gasteiger partial charge in [0.05, 0.1) is 21.8 Å². The summed E-state index contributed by atoms with van der Waals surface area (Å²) in [6, 6.07) is 7.71. The summed E-state index contributed by atoms with van der Waals surface area (Å²) in [5.74, 6) is -2.13. The summed E-state index contributed by atoms with van der Waals surface area (Å²) in [6.45, 7) is 2.41. The number of aromatic nitrogens is 2. The number of carbonyl (C=O) groups excluding carboxylic acids is 1. The van der Waals surface area contributed by atoms with Gasteiger partial charge in [-0.3, -0.25) is 14.2 Å². The van der Waals surface area contributed by atoms with Crippen LogP contribution in [0.15, 0.2) is 46.3 Å². The highest BCUT2D eigenvalue weighted by Crippen LogP contribution is 2.25. The fourth-order valence-corrected chi connectivity index (χ4v) is 3.97. The molecule has 1 atom stereocenters. The number of amides is 1. The maximum Gasteiger partial charge on any atom is 0.262 e. The molecule has 164 valence electrons. The minimum absolute atomic E-state index is 0.130. The van der Waals surface area contributed by atoms with E-state index < -0.39 is 22.8 Å². The van der Waals surface area contributed by atoms with Crippen LogP contribution in [0, 0.1) is 11.6 Å². The van der Waals surface area contributed by atoms with E-state index in [1.165, 1.54) is 4.57 Å². The number of hydrogen-bond acceptors (Lipinski definition) is 5. The lowest BCUT2D eigenvalue weighted by Crippen LogP contribution is -2.27. The first-order chi connectivity index (χ1) is 14.8. The first-order valence-electron chi connectivity index (χ1n) is 9.41. The monoisotopic (exact) mass is 467 g/mol. The maximum atomic E-state index is 13.9. The number of carbonyl (C=O) groups is 1. The molecule has 2 aromatic carbocycles. The zero-order valence-electron chi connectivity index (χ0n) is 16.8. The van der Waals surface area contributed by atoms with Gasteiger partial charge < -0.3 is 10.1 Å². The summed E-state index contributed by atoms with van der Waals surface area (Å²) in [6.07, 6.45) is 0.576. The van der Waals surface area contributed by atoms with Crippen LogP contribution in [0.4, 0.5) is 14.5 Å². The molecular formula is C21H20ClF2N3O3S. The van der Waals surface area contributed by atoms with E-state index in [-0.39, 0.29) is 11.2 Å². The molecule has 0 spiro atoms. The number of halogens is 3. The van der Waals surface area contributed by atoms with Crippen LogP contribution in [-0.4, -0.2) is 34.4 Å². The zero-order valence-corrected chi connectivity index (χ0v) is 18.4. The smallest absolute Gasteiger partial charge is 0.262 e. The predicted octanol–water partition coefficient (Wildman–Crippen LogP) is 4.48. The lowest BCUT2D eigenvalue weighted by atomic mass is 10.2. The molecule has 1 unspecified atom stereocenters. The van der Waals surface area contributed by atoms with Gasteiger partial charge in [-0.15, -0.1) is 0 Å². The Balaban J connectivity index is 1.89. The minimum Gasteiger partial charge on any atom is -0.385 e. The van der Waals surface area contributed by atoms with E-state index in [0.717, 1.165) is 23.9 Å². The first kappa shape index (κ1) is 23.2. The number of nitrogens with one attached hydrogen (secondary N) is 1. The van der Waals surface area contributed by atoms with Crippen molar-refractivity contribution >= 4 is 45.9 Å². The van der Waals surface area contributed by atoms with E-state index >= 15 is 0 Å². The number of ether oxygens (including phenoxy) is 1. The molecule has 0 radical (unpaired) electrons. The van der Waals surface area contributed by atoms with Crippen molar-refractivity contribution in [2.45, 2.75) is 30.3 Å². The molecule has 0 saturated heterocycles. The van der Waals surface area contributed by atoms with E-state index in [1.54, 1.807) is 32.2 Å². The summed E-state index contributed by atoms with van der Waals surface area (Å²) < 4.78 is 33.5. The zero-order chi connectivity index (χ0) is 22.5. The average molecular weight is 468 g/mol. The molecule has 6 nitrogen and oxygen atoms in total. The Morgan fingerprint density at radius 2 is 2.06 bits per heavy atom. The summed E-state index contributed by atoms with van der Waals surface area (Å²) >= 11 is 7.10. The molecule has 3 rings (SSSR count). The molecule has 31 heavy (non-hydrogen) atoms. The molecule has 1 amide bonds. The lowest BCUT2D eigenvalue weighted by molar-refractivity contribution is -0.115. The van der Waals surface area contributed by atoms with Crippen molar-refractivity contribution < 1.29 is 18.3 Å². The number of fused-ring (bicyclic) bond motifs is 1. The van der Waals surface area contributed by atoms with Crippen molar-refractivity contribution in [3.63, 3.8) is 0 Å². The van der Waals surface area contributed by atoms with Crippen molar-refractivity contribution in [1.29, 1.82) is 0 Å². The van der Waals surface area contributed by atoms with Gasteiger partial charge in [0.2, 0.25) is 5.91 Å². The molecule has 0 bridgehead atoms. The van der Waals surface area contributed by atoms with E-state index in [4.69, 9.17) is 16.3 Å². The number of benzene rings is 2. The first-order valence-corrected chi connectivity index (χ1v) is 10.7.